The quantitative estimate of drug-likeness (QED) is 0.462. The molecule has 206 valence electrons. The first-order valence-corrected chi connectivity index (χ1v) is 13.7. The van der Waals surface area contributed by atoms with E-state index in [1.54, 1.807) is 12.1 Å². The maximum Gasteiger partial charge on any atom is 0.272 e. The summed E-state index contributed by atoms with van der Waals surface area (Å²) in [4.78, 5) is 53.8. The third-order valence-electron chi connectivity index (χ3n) is 8.10. The van der Waals surface area contributed by atoms with Crippen LogP contribution in [0.3, 0.4) is 0 Å². The van der Waals surface area contributed by atoms with Gasteiger partial charge in [-0.05, 0) is 56.4 Å². The summed E-state index contributed by atoms with van der Waals surface area (Å²) in [5.41, 5.74) is 4.37. The number of aromatic amines is 1. The zero-order chi connectivity index (χ0) is 27.8. The average Bonchev–Trinajstić information content (AvgIpc) is 3.51. The van der Waals surface area contributed by atoms with E-state index in [1.165, 1.54) is 4.90 Å². The van der Waals surface area contributed by atoms with Crippen LogP contribution >= 0.6 is 0 Å². The van der Waals surface area contributed by atoms with Crippen LogP contribution in [-0.4, -0.2) is 68.9 Å². The van der Waals surface area contributed by atoms with Gasteiger partial charge >= 0.3 is 0 Å². The molecule has 2 unspecified atom stereocenters. The Kier molecular flexibility index (Phi) is 6.83. The zero-order valence-corrected chi connectivity index (χ0v) is 22.3. The second kappa shape index (κ2) is 10.6. The Hall–Kier alpha value is -4.47. The standard InChI is InChI=1S/C30H31N5O5/c1-18-26(19-7-3-2-4-8-19)32-33-27(18)30(39)34-14-6-5-9-21(34)17-40-22-10-11-23-20(15-22)16-35(29(23)38)24-12-13-25(36)31-28(24)37/h2-4,7-8,10-11,15,21,24H,5-6,9,12-14,16-17H2,1H3,(H,32,33)(H,31,36,37). The lowest BCUT2D eigenvalue weighted by atomic mass is 10.0. The molecule has 40 heavy (non-hydrogen) atoms. The number of carbonyl (C=O) groups excluding carboxylic acids is 4. The number of imide groups is 1. The predicted molar refractivity (Wildman–Crippen MR) is 145 cm³/mol. The Bertz CT molecular complexity index is 1480. The minimum Gasteiger partial charge on any atom is -0.491 e. The van der Waals surface area contributed by atoms with Crippen LogP contribution in [0, 0.1) is 6.92 Å². The number of rotatable bonds is 6. The van der Waals surface area contributed by atoms with Crippen molar-refractivity contribution in [3.63, 3.8) is 0 Å². The maximum absolute atomic E-state index is 13.6. The Balaban J connectivity index is 1.13. The van der Waals surface area contributed by atoms with Crippen LogP contribution in [0.2, 0.25) is 0 Å². The average molecular weight is 542 g/mol. The fraction of sp³-hybridized carbons (Fsp3) is 0.367. The lowest BCUT2D eigenvalue weighted by Gasteiger charge is -2.35. The number of nitrogens with zero attached hydrogens (tertiary/aromatic N) is 3. The molecule has 2 N–H and O–H groups in total. The number of carbonyl (C=O) groups is 4. The molecule has 0 bridgehead atoms. The summed E-state index contributed by atoms with van der Waals surface area (Å²) < 4.78 is 6.17. The molecular formula is C30H31N5O5. The number of ether oxygens (including phenoxy) is 1. The molecule has 0 spiro atoms. The zero-order valence-electron chi connectivity index (χ0n) is 22.3. The molecule has 0 radical (unpaired) electrons. The smallest absolute Gasteiger partial charge is 0.272 e. The predicted octanol–water partition coefficient (Wildman–Crippen LogP) is 3.22. The topological polar surface area (TPSA) is 125 Å². The third-order valence-corrected chi connectivity index (χ3v) is 8.10. The van der Waals surface area contributed by atoms with Crippen molar-refractivity contribution in [2.45, 2.75) is 57.7 Å². The molecule has 3 aliphatic rings. The maximum atomic E-state index is 13.6. The number of aromatic nitrogens is 2. The Labute approximate surface area is 231 Å². The first kappa shape index (κ1) is 25.8. The highest BCUT2D eigenvalue weighted by Gasteiger charge is 2.39. The van der Waals surface area contributed by atoms with Crippen molar-refractivity contribution in [1.29, 1.82) is 0 Å². The number of piperidine rings is 2. The Morgan fingerprint density at radius 2 is 1.90 bits per heavy atom. The van der Waals surface area contributed by atoms with Gasteiger partial charge in [0, 0.05) is 36.2 Å². The first-order chi connectivity index (χ1) is 19.4. The van der Waals surface area contributed by atoms with E-state index in [1.807, 2.05) is 48.2 Å². The number of H-pyrrole nitrogens is 1. The summed E-state index contributed by atoms with van der Waals surface area (Å²) in [6.45, 7) is 3.17. The van der Waals surface area contributed by atoms with E-state index in [4.69, 9.17) is 4.74 Å². The van der Waals surface area contributed by atoms with Crippen LogP contribution in [0.15, 0.2) is 48.5 Å². The molecule has 2 saturated heterocycles. The fourth-order valence-corrected chi connectivity index (χ4v) is 5.90. The van der Waals surface area contributed by atoms with Crippen LogP contribution in [0.4, 0.5) is 0 Å². The number of nitrogens with one attached hydrogen (secondary N) is 2. The van der Waals surface area contributed by atoms with E-state index in [0.29, 0.717) is 36.6 Å². The molecule has 2 fully saturated rings. The summed E-state index contributed by atoms with van der Waals surface area (Å²) in [5.74, 6) is -0.432. The van der Waals surface area contributed by atoms with Gasteiger partial charge in [-0.3, -0.25) is 29.6 Å². The molecule has 2 aromatic carbocycles. The van der Waals surface area contributed by atoms with E-state index in [9.17, 15) is 19.2 Å². The molecule has 10 heteroatoms. The van der Waals surface area contributed by atoms with Gasteiger partial charge in [0.2, 0.25) is 11.8 Å². The van der Waals surface area contributed by atoms with E-state index in [-0.39, 0.29) is 36.7 Å². The molecule has 3 aliphatic heterocycles. The number of benzene rings is 2. The number of likely N-dealkylation sites (tertiary alicyclic amines) is 1. The molecule has 0 aliphatic carbocycles. The van der Waals surface area contributed by atoms with Gasteiger partial charge in [0.05, 0.1) is 11.7 Å². The van der Waals surface area contributed by atoms with Gasteiger partial charge in [0.1, 0.15) is 24.1 Å². The normalized spacial score (nSPS) is 20.9. The highest BCUT2D eigenvalue weighted by molar-refractivity contribution is 6.05. The second-order valence-electron chi connectivity index (χ2n) is 10.6. The van der Waals surface area contributed by atoms with Gasteiger partial charge in [-0.2, -0.15) is 5.10 Å². The highest BCUT2D eigenvalue weighted by atomic mass is 16.5. The summed E-state index contributed by atoms with van der Waals surface area (Å²) in [5, 5.41) is 9.72. The number of hydrogen-bond acceptors (Lipinski definition) is 6. The van der Waals surface area contributed by atoms with Crippen molar-refractivity contribution in [2.75, 3.05) is 13.2 Å². The molecule has 6 rings (SSSR count). The molecule has 3 aromatic rings. The molecule has 0 saturated carbocycles. The second-order valence-corrected chi connectivity index (χ2v) is 10.6. The van der Waals surface area contributed by atoms with E-state index in [2.05, 4.69) is 15.5 Å². The summed E-state index contributed by atoms with van der Waals surface area (Å²) >= 11 is 0. The molecule has 4 heterocycles. The summed E-state index contributed by atoms with van der Waals surface area (Å²) in [7, 11) is 0. The lowest BCUT2D eigenvalue weighted by Crippen LogP contribution is -2.52. The van der Waals surface area contributed by atoms with Crippen LogP contribution in [0.5, 0.6) is 5.75 Å². The van der Waals surface area contributed by atoms with E-state index < -0.39 is 11.9 Å². The molecule has 10 nitrogen and oxygen atoms in total. The van der Waals surface area contributed by atoms with Gasteiger partial charge in [-0.25, -0.2) is 0 Å². The van der Waals surface area contributed by atoms with Crippen LogP contribution < -0.4 is 10.1 Å². The minimum absolute atomic E-state index is 0.0834. The molecule has 2 atom stereocenters. The molecule has 4 amide bonds. The van der Waals surface area contributed by atoms with Crippen molar-refractivity contribution in [3.05, 3.63) is 70.9 Å². The van der Waals surface area contributed by atoms with Crippen LogP contribution in [-0.2, 0) is 16.1 Å². The van der Waals surface area contributed by atoms with Crippen LogP contribution in [0.1, 0.15) is 64.1 Å². The van der Waals surface area contributed by atoms with Crippen molar-refractivity contribution in [3.8, 4) is 17.0 Å². The largest absolute Gasteiger partial charge is 0.491 e. The van der Waals surface area contributed by atoms with Crippen LogP contribution in [0.25, 0.3) is 11.3 Å². The highest BCUT2D eigenvalue weighted by Crippen LogP contribution is 2.31. The number of amides is 4. The van der Waals surface area contributed by atoms with Crippen molar-refractivity contribution in [2.24, 2.45) is 0 Å². The van der Waals surface area contributed by atoms with Gasteiger partial charge < -0.3 is 14.5 Å². The van der Waals surface area contributed by atoms with Crippen molar-refractivity contribution >= 4 is 23.6 Å². The summed E-state index contributed by atoms with van der Waals surface area (Å²) in [6, 6.07) is 14.4. The minimum atomic E-state index is -0.655. The number of fused-ring (bicyclic) bond motifs is 1. The molecular weight excluding hydrogens is 510 g/mol. The summed E-state index contributed by atoms with van der Waals surface area (Å²) in [6.07, 6.45) is 3.30. The molecule has 1 aromatic heterocycles. The van der Waals surface area contributed by atoms with Gasteiger partial charge in [0.15, 0.2) is 0 Å². The van der Waals surface area contributed by atoms with Crippen molar-refractivity contribution < 1.29 is 23.9 Å². The third kappa shape index (κ3) is 4.74. The first-order valence-electron chi connectivity index (χ1n) is 13.7. The monoisotopic (exact) mass is 541 g/mol. The number of hydrogen-bond donors (Lipinski definition) is 2. The van der Waals surface area contributed by atoms with Gasteiger partial charge in [-0.1, -0.05) is 30.3 Å². The SMILES string of the molecule is Cc1c(-c2ccccc2)n[nH]c1C(=O)N1CCCCC1COc1ccc2c(c1)CN(C1CCC(=O)NC1=O)C2=O. The van der Waals surface area contributed by atoms with Gasteiger partial charge in [0.25, 0.3) is 11.8 Å². The Morgan fingerprint density at radius 1 is 1.07 bits per heavy atom. The Morgan fingerprint density at radius 3 is 2.70 bits per heavy atom. The van der Waals surface area contributed by atoms with Crippen molar-refractivity contribution in [1.82, 2.24) is 25.3 Å². The van der Waals surface area contributed by atoms with E-state index >= 15 is 0 Å². The lowest BCUT2D eigenvalue weighted by molar-refractivity contribution is -0.136. The van der Waals surface area contributed by atoms with Gasteiger partial charge in [-0.15, -0.1) is 0 Å². The van der Waals surface area contributed by atoms with E-state index in [0.717, 1.165) is 41.6 Å². The fourth-order valence-electron chi connectivity index (χ4n) is 5.90.